The summed E-state index contributed by atoms with van der Waals surface area (Å²) >= 11 is 0. The van der Waals surface area contributed by atoms with Crippen molar-refractivity contribution < 1.29 is 24.0 Å². The number of rotatable bonds is 6. The van der Waals surface area contributed by atoms with Gasteiger partial charge < -0.3 is 10.1 Å². The van der Waals surface area contributed by atoms with Crippen LogP contribution in [-0.4, -0.2) is 29.2 Å². The molecule has 0 unspecified atom stereocenters. The van der Waals surface area contributed by atoms with E-state index in [1.807, 2.05) is 0 Å². The minimum atomic E-state index is -0.744. The Bertz CT molecular complexity index is 874. The first-order valence-electron chi connectivity index (χ1n) is 7.61. The van der Waals surface area contributed by atoms with E-state index in [-0.39, 0.29) is 17.2 Å². The number of nitrogens with zero attached hydrogens (tertiary/aromatic N) is 1. The summed E-state index contributed by atoms with van der Waals surface area (Å²) in [5.74, 6) is -1.38. The minimum absolute atomic E-state index is 0.100. The number of amides is 1. The normalized spacial score (nSPS) is 10.1. The largest absolute Gasteiger partial charge is 0.454 e. The number of ketones is 1. The van der Waals surface area contributed by atoms with E-state index in [0.29, 0.717) is 16.8 Å². The van der Waals surface area contributed by atoms with Gasteiger partial charge in [0.05, 0.1) is 10.5 Å². The summed E-state index contributed by atoms with van der Waals surface area (Å²) in [5, 5.41) is 13.4. The van der Waals surface area contributed by atoms with Crippen molar-refractivity contribution in [2.75, 3.05) is 11.9 Å². The molecule has 134 valence electrons. The van der Waals surface area contributed by atoms with Crippen LogP contribution in [0.5, 0.6) is 0 Å². The maximum Gasteiger partial charge on any atom is 0.338 e. The summed E-state index contributed by atoms with van der Waals surface area (Å²) in [7, 11) is 0. The van der Waals surface area contributed by atoms with E-state index in [1.54, 1.807) is 12.1 Å². The van der Waals surface area contributed by atoms with Crippen molar-refractivity contribution in [1.29, 1.82) is 0 Å². The molecule has 0 saturated carbocycles. The van der Waals surface area contributed by atoms with Crippen LogP contribution in [0, 0.1) is 17.0 Å². The van der Waals surface area contributed by atoms with E-state index in [2.05, 4.69) is 5.32 Å². The number of nitro groups is 1. The second-order valence-corrected chi connectivity index (χ2v) is 5.52. The molecule has 0 aliphatic carbocycles. The van der Waals surface area contributed by atoms with Crippen LogP contribution >= 0.6 is 0 Å². The molecule has 8 nitrogen and oxygen atoms in total. The third kappa shape index (κ3) is 4.73. The van der Waals surface area contributed by atoms with Gasteiger partial charge >= 0.3 is 5.97 Å². The summed E-state index contributed by atoms with van der Waals surface area (Å²) in [6, 6.07) is 9.99. The van der Waals surface area contributed by atoms with Crippen LogP contribution in [0.25, 0.3) is 0 Å². The highest BCUT2D eigenvalue weighted by Gasteiger charge is 2.16. The summed E-state index contributed by atoms with van der Waals surface area (Å²) in [5.41, 5.74) is 1.22. The van der Waals surface area contributed by atoms with Crippen molar-refractivity contribution in [3.8, 4) is 0 Å². The average Bonchev–Trinajstić information content (AvgIpc) is 2.59. The van der Waals surface area contributed by atoms with Crippen molar-refractivity contribution in [1.82, 2.24) is 0 Å². The second kappa shape index (κ2) is 8.02. The molecule has 0 aliphatic heterocycles. The summed E-state index contributed by atoms with van der Waals surface area (Å²) in [4.78, 5) is 45.3. The van der Waals surface area contributed by atoms with Crippen molar-refractivity contribution in [3.05, 3.63) is 69.3 Å². The zero-order chi connectivity index (χ0) is 19.3. The average molecular weight is 356 g/mol. The lowest BCUT2D eigenvalue weighted by molar-refractivity contribution is -0.385. The Labute approximate surface area is 148 Å². The SMILES string of the molecule is CC(=O)Nc1ccc(C(=O)COC(=O)c2ccc([N+](=O)[O-])c(C)c2)cc1. The number of carbonyl (C=O) groups excluding carboxylic acids is 3. The van der Waals surface area contributed by atoms with Crippen LogP contribution in [-0.2, 0) is 9.53 Å². The molecule has 0 heterocycles. The fraction of sp³-hybridized carbons (Fsp3) is 0.167. The van der Waals surface area contributed by atoms with E-state index in [9.17, 15) is 24.5 Å². The van der Waals surface area contributed by atoms with Gasteiger partial charge in [-0.05, 0) is 43.3 Å². The van der Waals surface area contributed by atoms with Gasteiger partial charge in [-0.15, -0.1) is 0 Å². The van der Waals surface area contributed by atoms with Gasteiger partial charge in [0.2, 0.25) is 5.91 Å². The number of benzene rings is 2. The molecule has 0 saturated heterocycles. The molecule has 0 aromatic heterocycles. The van der Waals surface area contributed by atoms with Gasteiger partial charge in [0.1, 0.15) is 0 Å². The molecule has 2 aromatic rings. The molecule has 0 bridgehead atoms. The van der Waals surface area contributed by atoms with Crippen LogP contribution in [0.15, 0.2) is 42.5 Å². The van der Waals surface area contributed by atoms with E-state index < -0.39 is 23.3 Å². The summed E-state index contributed by atoms with van der Waals surface area (Å²) in [6.07, 6.45) is 0. The first-order valence-corrected chi connectivity index (χ1v) is 7.61. The molecule has 1 N–H and O–H groups in total. The number of ether oxygens (including phenoxy) is 1. The van der Waals surface area contributed by atoms with Crippen LogP contribution in [0.4, 0.5) is 11.4 Å². The molecule has 1 amide bonds. The number of anilines is 1. The second-order valence-electron chi connectivity index (χ2n) is 5.52. The number of aryl methyl sites for hydroxylation is 1. The highest BCUT2D eigenvalue weighted by Crippen LogP contribution is 2.19. The third-order valence-corrected chi connectivity index (χ3v) is 3.49. The lowest BCUT2D eigenvalue weighted by Gasteiger charge is -2.06. The molecule has 0 atom stereocenters. The van der Waals surface area contributed by atoms with Gasteiger partial charge in [0.15, 0.2) is 12.4 Å². The lowest BCUT2D eigenvalue weighted by atomic mass is 10.1. The fourth-order valence-electron chi connectivity index (χ4n) is 2.23. The number of esters is 1. The van der Waals surface area contributed by atoms with Crippen molar-refractivity contribution >= 4 is 29.0 Å². The fourth-order valence-corrected chi connectivity index (χ4v) is 2.23. The monoisotopic (exact) mass is 356 g/mol. The molecule has 0 aliphatic rings. The standard InChI is InChI=1S/C18H16N2O6/c1-11-9-14(5-8-16(11)20(24)25)18(23)26-10-17(22)13-3-6-15(7-4-13)19-12(2)21/h3-9H,10H2,1-2H3,(H,19,21). The Morgan fingerprint density at radius 3 is 2.23 bits per heavy atom. The Balaban J connectivity index is 1.98. The highest BCUT2D eigenvalue weighted by atomic mass is 16.6. The third-order valence-electron chi connectivity index (χ3n) is 3.49. The van der Waals surface area contributed by atoms with Gasteiger partial charge in [-0.3, -0.25) is 19.7 Å². The smallest absolute Gasteiger partial charge is 0.338 e. The van der Waals surface area contributed by atoms with Crippen LogP contribution in [0.3, 0.4) is 0 Å². The Kier molecular flexibility index (Phi) is 5.79. The first-order chi connectivity index (χ1) is 12.3. The van der Waals surface area contributed by atoms with Gasteiger partial charge in [-0.2, -0.15) is 0 Å². The predicted molar refractivity (Wildman–Crippen MR) is 93.2 cm³/mol. The van der Waals surface area contributed by atoms with E-state index in [1.165, 1.54) is 44.2 Å². The molecule has 0 fully saturated rings. The van der Waals surface area contributed by atoms with Gasteiger partial charge in [-0.1, -0.05) is 0 Å². The van der Waals surface area contributed by atoms with E-state index >= 15 is 0 Å². The Hall–Kier alpha value is -3.55. The molecule has 2 rings (SSSR count). The summed E-state index contributed by atoms with van der Waals surface area (Å²) in [6.45, 7) is 2.42. The number of hydrogen-bond acceptors (Lipinski definition) is 6. The summed E-state index contributed by atoms with van der Waals surface area (Å²) < 4.78 is 4.97. The molecular formula is C18H16N2O6. The zero-order valence-electron chi connectivity index (χ0n) is 14.1. The topological polar surface area (TPSA) is 116 Å². The Morgan fingerprint density at radius 1 is 1.08 bits per heavy atom. The van der Waals surface area contributed by atoms with E-state index in [4.69, 9.17) is 4.74 Å². The highest BCUT2D eigenvalue weighted by molar-refractivity contribution is 6.00. The molecule has 0 radical (unpaired) electrons. The maximum atomic E-state index is 12.1. The van der Waals surface area contributed by atoms with Crippen molar-refractivity contribution in [2.24, 2.45) is 0 Å². The molecule has 0 spiro atoms. The van der Waals surface area contributed by atoms with Crippen LogP contribution < -0.4 is 5.32 Å². The number of nitro benzene ring substituents is 1. The van der Waals surface area contributed by atoms with Crippen LogP contribution in [0.2, 0.25) is 0 Å². The number of nitrogens with one attached hydrogen (secondary N) is 1. The number of Topliss-reactive ketones (excluding diaryl/α,β-unsaturated/α-hetero) is 1. The predicted octanol–water partition coefficient (Wildman–Crippen LogP) is 2.90. The number of hydrogen-bond donors (Lipinski definition) is 1. The van der Waals surface area contributed by atoms with Gasteiger partial charge in [0.25, 0.3) is 5.69 Å². The number of carbonyl (C=O) groups is 3. The van der Waals surface area contributed by atoms with Gasteiger partial charge in [-0.25, -0.2) is 4.79 Å². The first kappa shape index (κ1) is 18.8. The minimum Gasteiger partial charge on any atom is -0.454 e. The quantitative estimate of drug-likeness (QED) is 0.368. The Morgan fingerprint density at radius 2 is 1.69 bits per heavy atom. The molecule has 8 heteroatoms. The van der Waals surface area contributed by atoms with Crippen molar-refractivity contribution in [3.63, 3.8) is 0 Å². The molecule has 26 heavy (non-hydrogen) atoms. The van der Waals surface area contributed by atoms with Gasteiger partial charge in [0, 0.05) is 29.8 Å². The molecule has 2 aromatic carbocycles. The molecular weight excluding hydrogens is 340 g/mol. The van der Waals surface area contributed by atoms with E-state index in [0.717, 1.165) is 0 Å². The lowest BCUT2D eigenvalue weighted by Crippen LogP contribution is -2.14. The maximum absolute atomic E-state index is 12.1. The zero-order valence-corrected chi connectivity index (χ0v) is 14.1. The van der Waals surface area contributed by atoms with Crippen molar-refractivity contribution in [2.45, 2.75) is 13.8 Å². The van der Waals surface area contributed by atoms with Crippen LogP contribution in [0.1, 0.15) is 33.2 Å².